The second-order valence-corrected chi connectivity index (χ2v) is 8.04. The monoisotopic (exact) mass is 360 g/mol. The van der Waals surface area contributed by atoms with Gasteiger partial charge in [0.15, 0.2) is 0 Å². The molecule has 0 saturated carbocycles. The summed E-state index contributed by atoms with van der Waals surface area (Å²) in [5, 5.41) is 9.10. The van der Waals surface area contributed by atoms with Crippen molar-refractivity contribution in [1.29, 1.82) is 0 Å². The summed E-state index contributed by atoms with van der Waals surface area (Å²) in [4.78, 5) is 13.3. The van der Waals surface area contributed by atoms with E-state index >= 15 is 0 Å². The van der Waals surface area contributed by atoms with Crippen molar-refractivity contribution in [2.75, 3.05) is 26.7 Å². The molecule has 1 fully saturated rings. The fourth-order valence-corrected chi connectivity index (χ4v) is 4.52. The zero-order valence-electron chi connectivity index (χ0n) is 13.9. The first kappa shape index (κ1) is 17.6. The molecule has 0 amide bonds. The molecule has 132 valence electrons. The minimum absolute atomic E-state index is 0.0174. The number of rotatable bonds is 4. The summed E-state index contributed by atoms with van der Waals surface area (Å²) in [5.74, 6) is -1.14. The number of hydrogen-bond donors (Lipinski definition) is 1. The highest BCUT2D eigenvalue weighted by atomic mass is 32.2. The fraction of sp³-hybridized carbons (Fsp3) is 0.278. The Morgan fingerprint density at radius 2 is 1.80 bits per heavy atom. The first-order valence-corrected chi connectivity index (χ1v) is 9.42. The Morgan fingerprint density at radius 1 is 1.08 bits per heavy atom. The number of nitrogens with zero attached hydrogens (tertiary/aromatic N) is 2. The van der Waals surface area contributed by atoms with Crippen molar-refractivity contribution in [2.24, 2.45) is 0 Å². The summed E-state index contributed by atoms with van der Waals surface area (Å²) in [6.45, 7) is 1.32. The van der Waals surface area contributed by atoms with E-state index in [1.54, 1.807) is 0 Å². The van der Waals surface area contributed by atoms with E-state index in [4.69, 9.17) is 5.11 Å². The molecule has 0 aromatic heterocycles. The standard InChI is InChI=1S/C18H20N2O4S/c1-19-10-11-20(13-17(19)14-6-3-2-4-7-14)25(23,24)16-9-5-8-15(12-16)18(21)22/h2-9,12,17H,10-11,13H2,1H3,(H,21,22). The molecule has 7 heteroatoms. The Kier molecular flexibility index (Phi) is 4.89. The number of piperazine rings is 1. The zero-order valence-corrected chi connectivity index (χ0v) is 14.7. The van der Waals surface area contributed by atoms with Gasteiger partial charge in [-0.2, -0.15) is 4.31 Å². The molecule has 3 rings (SSSR count). The molecule has 1 heterocycles. The molecule has 0 spiro atoms. The summed E-state index contributed by atoms with van der Waals surface area (Å²) >= 11 is 0. The van der Waals surface area contributed by atoms with Crippen LogP contribution in [0.1, 0.15) is 22.0 Å². The van der Waals surface area contributed by atoms with Gasteiger partial charge in [-0.3, -0.25) is 4.90 Å². The number of benzene rings is 2. The van der Waals surface area contributed by atoms with Gasteiger partial charge in [-0.1, -0.05) is 36.4 Å². The normalized spacial score (nSPS) is 19.6. The Balaban J connectivity index is 1.90. The molecule has 0 bridgehead atoms. The van der Waals surface area contributed by atoms with Crippen molar-refractivity contribution in [2.45, 2.75) is 10.9 Å². The first-order chi connectivity index (χ1) is 11.9. The third kappa shape index (κ3) is 3.58. The number of aromatic carboxylic acids is 1. The van der Waals surface area contributed by atoms with Crippen molar-refractivity contribution >= 4 is 16.0 Å². The molecule has 0 radical (unpaired) electrons. The van der Waals surface area contributed by atoms with Crippen molar-refractivity contribution in [3.8, 4) is 0 Å². The van der Waals surface area contributed by atoms with Crippen molar-refractivity contribution in [3.63, 3.8) is 0 Å². The van der Waals surface area contributed by atoms with Crippen molar-refractivity contribution < 1.29 is 18.3 Å². The van der Waals surface area contributed by atoms with Crippen LogP contribution in [-0.4, -0.2) is 55.4 Å². The largest absolute Gasteiger partial charge is 0.478 e. The second-order valence-electron chi connectivity index (χ2n) is 6.10. The van der Waals surface area contributed by atoms with Crippen LogP contribution in [0.2, 0.25) is 0 Å². The summed E-state index contributed by atoms with van der Waals surface area (Å²) in [5.41, 5.74) is 1.03. The maximum absolute atomic E-state index is 13.0. The highest BCUT2D eigenvalue weighted by Gasteiger charge is 2.33. The lowest BCUT2D eigenvalue weighted by Gasteiger charge is -2.39. The summed E-state index contributed by atoms with van der Waals surface area (Å²) in [6.07, 6.45) is 0. The van der Waals surface area contributed by atoms with E-state index in [1.165, 1.54) is 28.6 Å². The van der Waals surface area contributed by atoms with Crippen LogP contribution >= 0.6 is 0 Å². The van der Waals surface area contributed by atoms with Gasteiger partial charge in [-0.15, -0.1) is 0 Å². The van der Waals surface area contributed by atoms with Gasteiger partial charge in [-0.25, -0.2) is 13.2 Å². The highest BCUT2D eigenvalue weighted by Crippen LogP contribution is 2.28. The van der Waals surface area contributed by atoms with Gasteiger partial charge >= 0.3 is 5.97 Å². The minimum atomic E-state index is -3.74. The quantitative estimate of drug-likeness (QED) is 0.903. The summed E-state index contributed by atoms with van der Waals surface area (Å²) in [6, 6.07) is 15.3. The van der Waals surface area contributed by atoms with Crippen molar-refractivity contribution in [3.05, 3.63) is 65.7 Å². The number of likely N-dealkylation sites (N-methyl/N-ethyl adjacent to an activating group) is 1. The Bertz CT molecular complexity index is 868. The average molecular weight is 360 g/mol. The van der Waals surface area contributed by atoms with Crippen LogP contribution in [0.5, 0.6) is 0 Å². The minimum Gasteiger partial charge on any atom is -0.478 e. The van der Waals surface area contributed by atoms with Crippen LogP contribution in [0.15, 0.2) is 59.5 Å². The van der Waals surface area contributed by atoms with E-state index in [2.05, 4.69) is 4.90 Å². The molecule has 0 aliphatic carbocycles. The average Bonchev–Trinajstić information content (AvgIpc) is 2.62. The maximum atomic E-state index is 13.0. The van der Waals surface area contributed by atoms with Gasteiger partial charge in [0, 0.05) is 25.7 Å². The van der Waals surface area contributed by atoms with Crippen LogP contribution in [0, 0.1) is 0 Å². The lowest BCUT2D eigenvalue weighted by Crippen LogP contribution is -2.48. The molecule has 6 nitrogen and oxygen atoms in total. The van der Waals surface area contributed by atoms with Crippen molar-refractivity contribution in [1.82, 2.24) is 9.21 Å². The smallest absolute Gasteiger partial charge is 0.335 e. The molecule has 1 N–H and O–H groups in total. The van der Waals surface area contributed by atoms with E-state index < -0.39 is 16.0 Å². The van der Waals surface area contributed by atoms with Gasteiger partial charge in [0.2, 0.25) is 10.0 Å². The maximum Gasteiger partial charge on any atom is 0.335 e. The lowest BCUT2D eigenvalue weighted by molar-refractivity contribution is 0.0696. The first-order valence-electron chi connectivity index (χ1n) is 7.98. The molecule has 2 aromatic rings. The van der Waals surface area contributed by atoms with Crippen LogP contribution in [-0.2, 0) is 10.0 Å². The molecule has 2 aromatic carbocycles. The van der Waals surface area contributed by atoms with E-state index in [9.17, 15) is 13.2 Å². The molecule has 1 saturated heterocycles. The van der Waals surface area contributed by atoms with Crippen LogP contribution in [0.25, 0.3) is 0 Å². The Morgan fingerprint density at radius 3 is 2.48 bits per heavy atom. The van der Waals surface area contributed by atoms with Crippen LogP contribution in [0.4, 0.5) is 0 Å². The van der Waals surface area contributed by atoms with Crippen LogP contribution < -0.4 is 0 Å². The van der Waals surface area contributed by atoms with Gasteiger partial charge in [0.05, 0.1) is 10.5 Å². The summed E-state index contributed by atoms with van der Waals surface area (Å²) < 4.78 is 27.4. The molecule has 25 heavy (non-hydrogen) atoms. The Labute approximate surface area is 147 Å². The number of carboxylic acid groups (broad SMARTS) is 1. The molecule has 1 aliphatic heterocycles. The third-order valence-corrected chi connectivity index (χ3v) is 6.37. The van der Waals surface area contributed by atoms with Crippen LogP contribution in [0.3, 0.4) is 0 Å². The SMILES string of the molecule is CN1CCN(S(=O)(=O)c2cccc(C(=O)O)c2)CC1c1ccccc1. The van der Waals surface area contributed by atoms with E-state index in [-0.39, 0.29) is 16.5 Å². The van der Waals surface area contributed by atoms with Gasteiger partial charge in [0.1, 0.15) is 0 Å². The highest BCUT2D eigenvalue weighted by molar-refractivity contribution is 7.89. The predicted octanol–water partition coefficient (Wildman–Crippen LogP) is 2.06. The third-order valence-electron chi connectivity index (χ3n) is 4.51. The topological polar surface area (TPSA) is 77.9 Å². The molecule has 1 atom stereocenters. The second kappa shape index (κ2) is 6.95. The van der Waals surface area contributed by atoms with Gasteiger partial charge in [-0.05, 0) is 30.8 Å². The van der Waals surface area contributed by atoms with Gasteiger partial charge in [0.25, 0.3) is 0 Å². The van der Waals surface area contributed by atoms with E-state index in [0.29, 0.717) is 19.6 Å². The lowest BCUT2D eigenvalue weighted by atomic mass is 10.0. The van der Waals surface area contributed by atoms with E-state index in [0.717, 1.165) is 5.56 Å². The number of hydrogen-bond acceptors (Lipinski definition) is 4. The summed E-state index contributed by atoms with van der Waals surface area (Å²) in [7, 11) is -1.76. The van der Waals surface area contributed by atoms with E-state index in [1.807, 2.05) is 37.4 Å². The Hall–Kier alpha value is -2.22. The van der Waals surface area contributed by atoms with Gasteiger partial charge < -0.3 is 5.11 Å². The predicted molar refractivity (Wildman–Crippen MR) is 94.0 cm³/mol. The zero-order chi connectivity index (χ0) is 18.0. The molecule has 1 aliphatic rings. The number of sulfonamides is 1. The number of carbonyl (C=O) groups is 1. The molecule has 1 unspecified atom stereocenters. The number of carboxylic acids is 1. The molecular weight excluding hydrogens is 340 g/mol. The molecular formula is C18H20N2O4S. The fourth-order valence-electron chi connectivity index (χ4n) is 3.04.